The van der Waals surface area contributed by atoms with Gasteiger partial charge in [-0.2, -0.15) is 0 Å². The molecule has 0 N–H and O–H groups in total. The van der Waals surface area contributed by atoms with Crippen LogP contribution < -0.4 is 0 Å². The van der Waals surface area contributed by atoms with E-state index in [1.165, 1.54) is 24.3 Å². The molecule has 0 unspecified atom stereocenters. The van der Waals surface area contributed by atoms with Crippen molar-refractivity contribution in [3.63, 3.8) is 0 Å². The number of piperazine rings is 1. The molecule has 2 aromatic heterocycles. The fraction of sp³-hybridized carbons (Fsp3) is 0.235. The smallest absolute Gasteiger partial charge is 0.173 e. The molecule has 7 rings (SSSR count). The second-order valence-electron chi connectivity index (χ2n) is 11.3. The predicted octanol–water partition coefficient (Wildman–Crippen LogP) is 4.53. The zero-order valence-electron chi connectivity index (χ0n) is 25.0. The van der Waals surface area contributed by atoms with Gasteiger partial charge in [-0.15, -0.1) is 10.2 Å². The van der Waals surface area contributed by atoms with Gasteiger partial charge in [0.15, 0.2) is 11.6 Å². The molecule has 0 radical (unpaired) electrons. The van der Waals surface area contributed by atoms with E-state index >= 15 is 0 Å². The summed E-state index contributed by atoms with van der Waals surface area (Å²) >= 11 is 0. The van der Waals surface area contributed by atoms with Crippen LogP contribution in [0.1, 0.15) is 46.0 Å². The van der Waals surface area contributed by atoms with E-state index in [1.807, 2.05) is 36.4 Å². The third kappa shape index (κ3) is 6.44. The van der Waals surface area contributed by atoms with Gasteiger partial charge in [0.1, 0.15) is 11.6 Å². The number of hydrogen-bond donors (Lipinski definition) is 0. The minimum absolute atomic E-state index is 0.183. The van der Waals surface area contributed by atoms with Crippen molar-refractivity contribution >= 4 is 0 Å². The Hall–Kier alpha value is -5.20. The molecule has 0 saturated carbocycles. The number of nitrogens with zero attached hydrogens (tertiary/aromatic N) is 10. The Morgan fingerprint density at radius 2 is 0.870 bits per heavy atom. The van der Waals surface area contributed by atoms with Crippen LogP contribution in [0.15, 0.2) is 109 Å². The highest BCUT2D eigenvalue weighted by Gasteiger charge is 2.35. The average molecular weight is 619 g/mol. The van der Waals surface area contributed by atoms with Crippen LogP contribution in [-0.2, 0) is 13.1 Å². The molecule has 0 bridgehead atoms. The third-order valence-corrected chi connectivity index (χ3v) is 8.41. The highest BCUT2D eigenvalue weighted by Crippen LogP contribution is 2.32. The lowest BCUT2D eigenvalue weighted by atomic mass is 10.0. The van der Waals surface area contributed by atoms with Gasteiger partial charge in [0.05, 0.1) is 25.2 Å². The van der Waals surface area contributed by atoms with Crippen molar-refractivity contribution in [1.82, 2.24) is 50.2 Å². The molecule has 2 atom stereocenters. The van der Waals surface area contributed by atoms with Gasteiger partial charge in [-0.3, -0.25) is 9.80 Å². The van der Waals surface area contributed by atoms with Crippen LogP contribution in [0.4, 0.5) is 8.78 Å². The Morgan fingerprint density at radius 1 is 0.500 bits per heavy atom. The van der Waals surface area contributed by atoms with Crippen LogP contribution in [0.2, 0.25) is 0 Å². The monoisotopic (exact) mass is 618 g/mol. The Morgan fingerprint density at radius 3 is 1.24 bits per heavy atom. The molecule has 1 fully saturated rings. The van der Waals surface area contributed by atoms with Crippen LogP contribution >= 0.6 is 0 Å². The summed E-state index contributed by atoms with van der Waals surface area (Å²) in [5.74, 6) is 0.900. The molecule has 4 aromatic carbocycles. The van der Waals surface area contributed by atoms with Crippen molar-refractivity contribution in [2.75, 3.05) is 26.2 Å². The second-order valence-corrected chi connectivity index (χ2v) is 11.3. The van der Waals surface area contributed by atoms with Gasteiger partial charge >= 0.3 is 0 Å². The summed E-state index contributed by atoms with van der Waals surface area (Å²) in [4.78, 5) is 4.81. The third-order valence-electron chi connectivity index (χ3n) is 8.41. The number of benzene rings is 4. The summed E-state index contributed by atoms with van der Waals surface area (Å²) < 4.78 is 30.7. The Balaban J connectivity index is 1.16. The fourth-order valence-electron chi connectivity index (χ4n) is 6.14. The zero-order valence-corrected chi connectivity index (χ0v) is 25.0. The van der Waals surface area contributed by atoms with Crippen LogP contribution in [0.25, 0.3) is 0 Å². The van der Waals surface area contributed by atoms with Gasteiger partial charge in [-0.1, -0.05) is 84.9 Å². The van der Waals surface area contributed by atoms with Crippen LogP contribution in [0.5, 0.6) is 0 Å². The van der Waals surface area contributed by atoms with E-state index in [4.69, 9.17) is 0 Å². The minimum atomic E-state index is -0.279. The maximum Gasteiger partial charge on any atom is 0.173 e. The molecule has 0 aliphatic carbocycles. The topological polar surface area (TPSA) is 93.7 Å². The van der Waals surface area contributed by atoms with Gasteiger partial charge in [0, 0.05) is 26.2 Å². The first kappa shape index (κ1) is 29.5. The van der Waals surface area contributed by atoms with Crippen molar-refractivity contribution in [3.8, 4) is 0 Å². The van der Waals surface area contributed by atoms with E-state index in [0.717, 1.165) is 60.1 Å². The summed E-state index contributed by atoms with van der Waals surface area (Å²) in [5.41, 5.74) is 4.01. The quantitative estimate of drug-likeness (QED) is 0.221. The summed E-state index contributed by atoms with van der Waals surface area (Å²) in [5, 5.41) is 25.7. The second kappa shape index (κ2) is 13.4. The molecule has 3 heterocycles. The lowest BCUT2D eigenvalue weighted by Crippen LogP contribution is -2.50. The summed E-state index contributed by atoms with van der Waals surface area (Å²) in [6.45, 7) is 3.83. The van der Waals surface area contributed by atoms with Gasteiger partial charge in [-0.25, -0.2) is 18.1 Å². The van der Waals surface area contributed by atoms with Crippen molar-refractivity contribution in [3.05, 3.63) is 155 Å². The normalized spacial score (nSPS) is 15.5. The maximum atomic E-state index is 13.6. The zero-order chi connectivity index (χ0) is 31.3. The molecular weight excluding hydrogens is 586 g/mol. The first-order valence-corrected chi connectivity index (χ1v) is 15.2. The summed E-state index contributed by atoms with van der Waals surface area (Å²) in [7, 11) is 0. The number of halogens is 2. The number of aromatic nitrogens is 8. The number of tetrazole rings is 2. The van der Waals surface area contributed by atoms with Crippen molar-refractivity contribution in [2.45, 2.75) is 25.2 Å². The lowest BCUT2D eigenvalue weighted by molar-refractivity contribution is 0.0825. The van der Waals surface area contributed by atoms with Gasteiger partial charge in [0.25, 0.3) is 0 Å². The van der Waals surface area contributed by atoms with Crippen LogP contribution in [-0.4, -0.2) is 76.4 Å². The molecule has 10 nitrogen and oxygen atoms in total. The molecule has 46 heavy (non-hydrogen) atoms. The van der Waals surface area contributed by atoms with E-state index in [9.17, 15) is 8.78 Å². The van der Waals surface area contributed by atoms with Crippen LogP contribution in [0, 0.1) is 11.6 Å². The molecule has 1 aliphatic rings. The van der Waals surface area contributed by atoms with E-state index in [1.54, 1.807) is 33.6 Å². The van der Waals surface area contributed by atoms with E-state index in [2.05, 4.69) is 65.1 Å². The molecule has 6 aromatic rings. The molecule has 0 spiro atoms. The van der Waals surface area contributed by atoms with Crippen LogP contribution in [0.3, 0.4) is 0 Å². The maximum absolute atomic E-state index is 13.6. The van der Waals surface area contributed by atoms with E-state index in [-0.39, 0.29) is 23.7 Å². The van der Waals surface area contributed by atoms with E-state index in [0.29, 0.717) is 13.1 Å². The molecule has 1 aliphatic heterocycles. The van der Waals surface area contributed by atoms with Gasteiger partial charge in [0.2, 0.25) is 0 Å². The molecule has 1 saturated heterocycles. The highest BCUT2D eigenvalue weighted by atomic mass is 19.1. The Bertz CT molecular complexity index is 1700. The number of rotatable bonds is 10. The Labute approximate surface area is 264 Å². The first-order chi connectivity index (χ1) is 22.6. The van der Waals surface area contributed by atoms with E-state index < -0.39 is 0 Å². The molecular formula is C34H32F2N10. The first-order valence-electron chi connectivity index (χ1n) is 15.2. The standard InChI is InChI=1S/C34H32F2N10/c35-29-15-11-25(12-16-29)23-45-33(37-39-41-45)31(27-7-3-1-4-8-27)43-19-21-44(22-20-43)32(28-9-5-2-6-10-28)34-38-40-42-46(34)24-26-13-17-30(36)18-14-26/h1-18,31-32H,19-24H2/t31-,32+. The summed E-state index contributed by atoms with van der Waals surface area (Å²) in [6, 6.07) is 33.0. The molecule has 0 amide bonds. The predicted molar refractivity (Wildman–Crippen MR) is 166 cm³/mol. The Kier molecular flexibility index (Phi) is 8.61. The SMILES string of the molecule is Fc1ccc(Cn2nnnc2[C@@H](c2ccccc2)N2CCN([C@@H](c3ccccc3)c3nnnn3Cc3ccc(F)cc3)CC2)cc1. The molecule has 232 valence electrons. The summed E-state index contributed by atoms with van der Waals surface area (Å²) in [6.07, 6.45) is 0. The lowest BCUT2D eigenvalue weighted by Gasteiger charge is -2.41. The van der Waals surface area contributed by atoms with Crippen molar-refractivity contribution in [1.29, 1.82) is 0 Å². The van der Waals surface area contributed by atoms with Gasteiger partial charge in [-0.05, 0) is 67.4 Å². The fourth-order valence-corrected chi connectivity index (χ4v) is 6.14. The highest BCUT2D eigenvalue weighted by molar-refractivity contribution is 5.28. The number of hydrogen-bond acceptors (Lipinski definition) is 8. The average Bonchev–Trinajstić information content (AvgIpc) is 3.75. The largest absolute Gasteiger partial charge is 0.287 e. The minimum Gasteiger partial charge on any atom is -0.287 e. The van der Waals surface area contributed by atoms with Gasteiger partial charge < -0.3 is 0 Å². The van der Waals surface area contributed by atoms with Crippen molar-refractivity contribution in [2.24, 2.45) is 0 Å². The van der Waals surface area contributed by atoms with Crippen molar-refractivity contribution < 1.29 is 8.78 Å². The molecule has 12 heteroatoms.